The maximum Gasteiger partial charge on any atom is 0.0439 e. The Hall–Kier alpha value is 0.140. The van der Waals surface area contributed by atoms with Gasteiger partial charge < -0.3 is 5.11 Å². The Morgan fingerprint density at radius 2 is 1.80 bits per heavy atom. The molecule has 15 heavy (non-hydrogen) atoms. The molecule has 0 aromatic heterocycles. The fraction of sp³-hybridized carbons (Fsp3) is 0.500. The summed E-state index contributed by atoms with van der Waals surface area (Å²) in [5, 5.41) is 9.05. The first kappa shape index (κ1) is 13.2. The number of hydrogen-bond donors (Lipinski definition) is 1. The highest BCUT2D eigenvalue weighted by Gasteiger charge is 2.23. The Morgan fingerprint density at radius 3 is 2.33 bits per heavy atom. The highest BCUT2D eigenvalue weighted by atomic mass is 79.9. The zero-order valence-corrected chi connectivity index (χ0v) is 12.4. The van der Waals surface area contributed by atoms with E-state index in [4.69, 9.17) is 5.11 Å². The normalized spacial score (nSPS) is 11.9. The van der Waals surface area contributed by atoms with Crippen LogP contribution in [0.4, 0.5) is 0 Å². The van der Waals surface area contributed by atoms with Crippen LogP contribution in [0, 0.1) is 6.92 Å². The molecule has 0 unspecified atom stereocenters. The molecule has 0 heterocycles. The van der Waals surface area contributed by atoms with E-state index in [1.54, 1.807) is 0 Å². The van der Waals surface area contributed by atoms with Crippen molar-refractivity contribution in [2.75, 3.05) is 6.61 Å². The largest absolute Gasteiger partial charge is 0.396 e. The van der Waals surface area contributed by atoms with E-state index in [1.807, 2.05) is 0 Å². The molecular formula is C12H16Br2O. The Labute approximate surface area is 108 Å². The van der Waals surface area contributed by atoms with E-state index < -0.39 is 0 Å². The predicted molar refractivity (Wildman–Crippen MR) is 71.3 cm³/mol. The van der Waals surface area contributed by atoms with E-state index in [-0.39, 0.29) is 12.0 Å². The van der Waals surface area contributed by atoms with Gasteiger partial charge in [-0.25, -0.2) is 0 Å². The minimum atomic E-state index is -0.0101. The fourth-order valence-electron chi connectivity index (χ4n) is 1.58. The van der Waals surface area contributed by atoms with Gasteiger partial charge in [-0.15, -0.1) is 0 Å². The minimum absolute atomic E-state index is 0.0101. The Bertz CT molecular complexity index is 359. The van der Waals surface area contributed by atoms with Gasteiger partial charge in [-0.05, 0) is 42.0 Å². The third-order valence-corrected chi connectivity index (χ3v) is 4.22. The summed E-state index contributed by atoms with van der Waals surface area (Å²) in [4.78, 5) is 0. The second-order valence-corrected chi connectivity index (χ2v) is 6.15. The van der Waals surface area contributed by atoms with Crippen LogP contribution in [-0.2, 0) is 5.41 Å². The number of aliphatic hydroxyl groups excluding tert-OH is 1. The van der Waals surface area contributed by atoms with Crippen LogP contribution in [0.3, 0.4) is 0 Å². The molecule has 0 aliphatic carbocycles. The molecule has 0 saturated carbocycles. The van der Waals surface area contributed by atoms with Gasteiger partial charge in [0.05, 0.1) is 0 Å². The van der Waals surface area contributed by atoms with Gasteiger partial charge in [0.1, 0.15) is 0 Å². The first-order chi connectivity index (χ1) is 6.88. The smallest absolute Gasteiger partial charge is 0.0439 e. The van der Waals surface area contributed by atoms with E-state index in [0.717, 1.165) is 15.4 Å². The average molecular weight is 336 g/mol. The summed E-state index contributed by atoms with van der Waals surface area (Å²) in [6.07, 6.45) is 0.765. The summed E-state index contributed by atoms with van der Waals surface area (Å²) in [5.41, 5.74) is 2.43. The second kappa shape index (κ2) is 4.98. The van der Waals surface area contributed by atoms with Crippen LogP contribution < -0.4 is 0 Å². The predicted octanol–water partition coefficient (Wildman–Crippen LogP) is 4.18. The van der Waals surface area contributed by atoms with Crippen molar-refractivity contribution in [3.63, 3.8) is 0 Å². The van der Waals surface area contributed by atoms with Gasteiger partial charge in [0.2, 0.25) is 0 Å². The lowest BCUT2D eigenvalue weighted by Crippen LogP contribution is -2.19. The molecule has 1 rings (SSSR count). The van der Waals surface area contributed by atoms with E-state index >= 15 is 0 Å². The van der Waals surface area contributed by atoms with Crippen molar-refractivity contribution in [3.8, 4) is 0 Å². The number of rotatable bonds is 3. The quantitative estimate of drug-likeness (QED) is 0.878. The Balaban J connectivity index is 3.19. The summed E-state index contributed by atoms with van der Waals surface area (Å²) in [6, 6.07) is 4.24. The zero-order chi connectivity index (χ0) is 11.6. The molecule has 1 nitrogen and oxygen atoms in total. The SMILES string of the molecule is Cc1cc(Br)c(C(C)(C)CCO)cc1Br. The summed E-state index contributed by atoms with van der Waals surface area (Å²) in [7, 11) is 0. The molecule has 0 atom stereocenters. The minimum Gasteiger partial charge on any atom is -0.396 e. The zero-order valence-electron chi connectivity index (χ0n) is 9.27. The van der Waals surface area contributed by atoms with Crippen LogP contribution in [0.2, 0.25) is 0 Å². The molecule has 1 aromatic carbocycles. The van der Waals surface area contributed by atoms with Crippen LogP contribution in [0.5, 0.6) is 0 Å². The first-order valence-electron chi connectivity index (χ1n) is 4.95. The topological polar surface area (TPSA) is 20.2 Å². The van der Waals surface area contributed by atoms with Crippen molar-refractivity contribution in [3.05, 3.63) is 32.2 Å². The van der Waals surface area contributed by atoms with Gasteiger partial charge in [-0.1, -0.05) is 45.7 Å². The van der Waals surface area contributed by atoms with Crippen molar-refractivity contribution in [1.82, 2.24) is 0 Å². The third-order valence-electron chi connectivity index (χ3n) is 2.71. The molecule has 3 heteroatoms. The Kier molecular flexibility index (Phi) is 4.38. The monoisotopic (exact) mass is 334 g/mol. The average Bonchev–Trinajstić information content (AvgIpc) is 2.11. The van der Waals surface area contributed by atoms with Crippen molar-refractivity contribution in [1.29, 1.82) is 0 Å². The maximum absolute atomic E-state index is 9.05. The Morgan fingerprint density at radius 1 is 1.20 bits per heavy atom. The molecule has 0 fully saturated rings. The number of benzene rings is 1. The van der Waals surface area contributed by atoms with E-state index in [1.165, 1.54) is 11.1 Å². The number of aryl methyl sites for hydroxylation is 1. The van der Waals surface area contributed by atoms with Crippen LogP contribution in [-0.4, -0.2) is 11.7 Å². The van der Waals surface area contributed by atoms with Gasteiger partial charge in [-0.2, -0.15) is 0 Å². The van der Waals surface area contributed by atoms with Crippen LogP contribution in [0.1, 0.15) is 31.4 Å². The molecule has 84 valence electrons. The summed E-state index contributed by atoms with van der Waals surface area (Å²) in [6.45, 7) is 6.57. The van der Waals surface area contributed by atoms with Gasteiger partial charge in [0, 0.05) is 15.6 Å². The molecule has 0 amide bonds. The molecule has 0 radical (unpaired) electrons. The van der Waals surface area contributed by atoms with Gasteiger partial charge in [0.15, 0.2) is 0 Å². The summed E-state index contributed by atoms with van der Waals surface area (Å²) in [5.74, 6) is 0. The number of halogens is 2. The summed E-state index contributed by atoms with van der Waals surface area (Å²) >= 11 is 7.13. The lowest BCUT2D eigenvalue weighted by atomic mass is 9.81. The third kappa shape index (κ3) is 3.05. The van der Waals surface area contributed by atoms with Crippen molar-refractivity contribution >= 4 is 31.9 Å². The number of aliphatic hydroxyl groups is 1. The lowest BCUT2D eigenvalue weighted by molar-refractivity contribution is 0.252. The molecule has 0 aliphatic rings. The standard InChI is InChI=1S/C12H16Br2O/c1-8-6-11(14)9(7-10(8)13)12(2,3)4-5-15/h6-7,15H,4-5H2,1-3H3. The molecule has 0 saturated heterocycles. The highest BCUT2D eigenvalue weighted by molar-refractivity contribution is 9.11. The maximum atomic E-state index is 9.05. The summed E-state index contributed by atoms with van der Waals surface area (Å²) < 4.78 is 2.23. The van der Waals surface area contributed by atoms with Crippen LogP contribution in [0.15, 0.2) is 21.1 Å². The van der Waals surface area contributed by atoms with E-state index in [2.05, 4.69) is 64.8 Å². The van der Waals surface area contributed by atoms with Crippen molar-refractivity contribution < 1.29 is 5.11 Å². The van der Waals surface area contributed by atoms with Gasteiger partial charge >= 0.3 is 0 Å². The van der Waals surface area contributed by atoms with E-state index in [0.29, 0.717) is 0 Å². The van der Waals surface area contributed by atoms with E-state index in [9.17, 15) is 0 Å². The van der Waals surface area contributed by atoms with Crippen molar-refractivity contribution in [2.24, 2.45) is 0 Å². The van der Waals surface area contributed by atoms with Gasteiger partial charge in [-0.3, -0.25) is 0 Å². The van der Waals surface area contributed by atoms with Gasteiger partial charge in [0.25, 0.3) is 0 Å². The first-order valence-corrected chi connectivity index (χ1v) is 6.54. The van der Waals surface area contributed by atoms with Crippen LogP contribution >= 0.6 is 31.9 Å². The highest BCUT2D eigenvalue weighted by Crippen LogP contribution is 2.36. The fourth-order valence-corrected chi connectivity index (χ4v) is 2.92. The molecule has 0 aliphatic heterocycles. The molecule has 0 spiro atoms. The molecule has 0 bridgehead atoms. The molecule has 1 N–H and O–H groups in total. The lowest BCUT2D eigenvalue weighted by Gasteiger charge is -2.26. The second-order valence-electron chi connectivity index (χ2n) is 4.44. The number of hydrogen-bond acceptors (Lipinski definition) is 1. The van der Waals surface area contributed by atoms with Crippen molar-refractivity contribution in [2.45, 2.75) is 32.6 Å². The van der Waals surface area contributed by atoms with Crippen LogP contribution in [0.25, 0.3) is 0 Å². The molecular weight excluding hydrogens is 320 g/mol. The molecule has 1 aromatic rings.